The lowest BCUT2D eigenvalue weighted by Crippen LogP contribution is -2.31. The van der Waals surface area contributed by atoms with Crippen molar-refractivity contribution in [1.82, 2.24) is 10.0 Å². The van der Waals surface area contributed by atoms with Gasteiger partial charge in [0.2, 0.25) is 10.0 Å². The zero-order valence-electron chi connectivity index (χ0n) is 17.0. The Morgan fingerprint density at radius 2 is 1.78 bits per heavy atom. The molecule has 0 aromatic heterocycles. The van der Waals surface area contributed by atoms with Crippen molar-refractivity contribution in [2.24, 2.45) is 0 Å². The summed E-state index contributed by atoms with van der Waals surface area (Å²) in [5.74, 6) is -1.22. The molecule has 1 aliphatic rings. The van der Waals surface area contributed by atoms with E-state index in [1.807, 2.05) is 0 Å². The van der Waals surface area contributed by atoms with Gasteiger partial charge in [-0.3, -0.25) is 9.59 Å². The van der Waals surface area contributed by atoms with E-state index in [0.29, 0.717) is 10.6 Å². The molecule has 0 bridgehead atoms. The SMILES string of the molecule is CCOC(=O)CC(NC(=O)c1cc(S(=O)(=O)NC2CC2)c(Cl)cc1Cl)c1ccccc1Cl. The van der Waals surface area contributed by atoms with Crippen LogP contribution in [0.25, 0.3) is 0 Å². The Bertz CT molecular complexity index is 1140. The lowest BCUT2D eigenvalue weighted by molar-refractivity contribution is -0.143. The second kappa shape index (κ2) is 10.4. The minimum absolute atomic E-state index is 0.0353. The molecule has 172 valence electrons. The maximum Gasteiger partial charge on any atom is 0.308 e. The molecule has 2 aromatic rings. The highest BCUT2D eigenvalue weighted by atomic mass is 35.5. The summed E-state index contributed by atoms with van der Waals surface area (Å²) >= 11 is 18.6. The van der Waals surface area contributed by atoms with Crippen molar-refractivity contribution in [3.05, 3.63) is 62.6 Å². The first-order valence-electron chi connectivity index (χ1n) is 9.84. The molecule has 1 aliphatic carbocycles. The van der Waals surface area contributed by atoms with Crippen LogP contribution in [0.2, 0.25) is 15.1 Å². The fourth-order valence-electron chi connectivity index (χ4n) is 3.01. The van der Waals surface area contributed by atoms with E-state index in [4.69, 9.17) is 39.5 Å². The number of ether oxygens (including phenoxy) is 1. The van der Waals surface area contributed by atoms with Crippen molar-refractivity contribution in [3.63, 3.8) is 0 Å². The van der Waals surface area contributed by atoms with Crippen molar-refractivity contribution in [2.45, 2.75) is 43.2 Å². The molecule has 11 heteroatoms. The molecule has 0 spiro atoms. The van der Waals surface area contributed by atoms with Gasteiger partial charge in [-0.05, 0) is 43.5 Å². The molecule has 1 unspecified atom stereocenters. The molecule has 1 amide bonds. The van der Waals surface area contributed by atoms with Gasteiger partial charge in [0, 0.05) is 11.1 Å². The summed E-state index contributed by atoms with van der Waals surface area (Å²) in [5.41, 5.74) is 0.400. The van der Waals surface area contributed by atoms with Gasteiger partial charge in [-0.1, -0.05) is 53.0 Å². The average molecular weight is 520 g/mol. The van der Waals surface area contributed by atoms with Gasteiger partial charge < -0.3 is 10.1 Å². The van der Waals surface area contributed by atoms with Crippen LogP contribution < -0.4 is 10.0 Å². The van der Waals surface area contributed by atoms with E-state index in [-0.39, 0.29) is 39.6 Å². The molecule has 1 saturated carbocycles. The highest BCUT2D eigenvalue weighted by molar-refractivity contribution is 7.89. The summed E-state index contributed by atoms with van der Waals surface area (Å²) in [6, 6.07) is 8.10. The molecule has 2 aromatic carbocycles. The minimum Gasteiger partial charge on any atom is -0.466 e. The van der Waals surface area contributed by atoms with Crippen LogP contribution in [0.15, 0.2) is 41.3 Å². The van der Waals surface area contributed by atoms with Gasteiger partial charge in [-0.2, -0.15) is 0 Å². The Morgan fingerprint density at radius 3 is 2.41 bits per heavy atom. The smallest absolute Gasteiger partial charge is 0.308 e. The number of halogens is 3. The Labute approximate surface area is 201 Å². The van der Waals surface area contributed by atoms with Crippen molar-refractivity contribution < 1.29 is 22.7 Å². The second-order valence-corrected chi connectivity index (χ2v) is 10.1. The quantitative estimate of drug-likeness (QED) is 0.475. The number of benzene rings is 2. The number of amides is 1. The van der Waals surface area contributed by atoms with Crippen molar-refractivity contribution in [1.29, 1.82) is 0 Å². The van der Waals surface area contributed by atoms with Gasteiger partial charge in [0.15, 0.2) is 0 Å². The van der Waals surface area contributed by atoms with Crippen LogP contribution in [0.5, 0.6) is 0 Å². The third-order valence-corrected chi connectivity index (χ3v) is 7.36. The highest BCUT2D eigenvalue weighted by Gasteiger charge is 2.31. The number of carbonyl (C=O) groups is 2. The number of sulfonamides is 1. The van der Waals surface area contributed by atoms with Crippen LogP contribution in [-0.4, -0.2) is 32.9 Å². The summed E-state index contributed by atoms with van der Waals surface area (Å²) in [7, 11) is -3.93. The minimum atomic E-state index is -3.93. The Hall–Kier alpha value is -1.84. The van der Waals surface area contributed by atoms with Gasteiger partial charge in [0.05, 0.1) is 34.7 Å². The van der Waals surface area contributed by atoms with E-state index >= 15 is 0 Å². The maximum atomic E-state index is 13.1. The van der Waals surface area contributed by atoms with Crippen molar-refractivity contribution in [3.8, 4) is 0 Å². The summed E-state index contributed by atoms with van der Waals surface area (Å²) in [4.78, 5) is 24.9. The Kier molecular flexibility index (Phi) is 8.06. The van der Waals surface area contributed by atoms with Crippen LogP contribution in [0.1, 0.15) is 48.1 Å². The number of carbonyl (C=O) groups excluding carboxylic acids is 2. The zero-order chi connectivity index (χ0) is 23.5. The molecule has 1 atom stereocenters. The van der Waals surface area contributed by atoms with Crippen LogP contribution in [0.4, 0.5) is 0 Å². The molecule has 7 nitrogen and oxygen atoms in total. The molecule has 2 N–H and O–H groups in total. The first kappa shape index (κ1) is 24.8. The third kappa shape index (κ3) is 6.14. The standard InChI is InChI=1S/C21H21Cl3N2O5S/c1-2-31-20(27)11-18(13-5-3-4-6-15(13)22)25-21(28)14-9-19(17(24)10-16(14)23)32(29,30)26-12-7-8-12/h3-6,9-10,12,18,26H,2,7-8,11H2,1H3,(H,25,28). The van der Waals surface area contributed by atoms with Gasteiger partial charge >= 0.3 is 5.97 Å². The Morgan fingerprint density at radius 1 is 1.09 bits per heavy atom. The molecule has 1 fully saturated rings. The first-order valence-corrected chi connectivity index (χ1v) is 12.5. The molecular weight excluding hydrogens is 499 g/mol. The second-order valence-electron chi connectivity index (χ2n) is 7.21. The van der Waals surface area contributed by atoms with E-state index < -0.39 is 27.9 Å². The summed E-state index contributed by atoms with van der Waals surface area (Å²) in [6.07, 6.45) is 1.30. The lowest BCUT2D eigenvalue weighted by Gasteiger charge is -2.20. The van der Waals surface area contributed by atoms with E-state index in [1.165, 1.54) is 6.07 Å². The van der Waals surface area contributed by atoms with Crippen LogP contribution in [-0.2, 0) is 19.6 Å². The molecule has 0 saturated heterocycles. The van der Waals surface area contributed by atoms with Crippen molar-refractivity contribution in [2.75, 3.05) is 6.61 Å². The zero-order valence-corrected chi connectivity index (χ0v) is 20.1. The predicted octanol–water partition coefficient (Wildman–Crippen LogP) is 4.51. The van der Waals surface area contributed by atoms with Gasteiger partial charge in [0.1, 0.15) is 4.90 Å². The monoisotopic (exact) mass is 518 g/mol. The van der Waals surface area contributed by atoms with E-state index in [1.54, 1.807) is 31.2 Å². The summed E-state index contributed by atoms with van der Waals surface area (Å²) in [5, 5.41) is 2.92. The van der Waals surface area contributed by atoms with Crippen LogP contribution >= 0.6 is 34.8 Å². The number of hydrogen-bond donors (Lipinski definition) is 2. The maximum absolute atomic E-state index is 13.1. The topological polar surface area (TPSA) is 102 Å². The molecule has 0 heterocycles. The fraction of sp³-hybridized carbons (Fsp3) is 0.333. The predicted molar refractivity (Wildman–Crippen MR) is 123 cm³/mol. The first-order chi connectivity index (χ1) is 15.1. The van der Waals surface area contributed by atoms with Gasteiger partial charge in [-0.15, -0.1) is 0 Å². The number of nitrogens with one attached hydrogen (secondary N) is 2. The number of esters is 1. The lowest BCUT2D eigenvalue weighted by atomic mass is 10.0. The third-order valence-electron chi connectivity index (χ3n) is 4.72. The fourth-order valence-corrected chi connectivity index (χ4v) is 5.44. The van der Waals surface area contributed by atoms with Crippen LogP contribution in [0.3, 0.4) is 0 Å². The van der Waals surface area contributed by atoms with Gasteiger partial charge in [0.25, 0.3) is 5.91 Å². The van der Waals surface area contributed by atoms with E-state index in [0.717, 1.165) is 18.9 Å². The molecule has 0 aliphatic heterocycles. The van der Waals surface area contributed by atoms with Gasteiger partial charge in [-0.25, -0.2) is 13.1 Å². The van der Waals surface area contributed by atoms with Crippen LogP contribution in [0, 0.1) is 0 Å². The molecule has 32 heavy (non-hydrogen) atoms. The highest BCUT2D eigenvalue weighted by Crippen LogP contribution is 2.32. The largest absolute Gasteiger partial charge is 0.466 e. The normalized spacial score (nSPS) is 14.6. The average Bonchev–Trinajstić information content (AvgIpc) is 3.51. The molecular formula is C21H21Cl3N2O5S. The molecule has 0 radical (unpaired) electrons. The van der Waals surface area contributed by atoms with E-state index in [2.05, 4.69) is 10.0 Å². The Balaban J connectivity index is 1.92. The molecule has 3 rings (SSSR count). The van der Waals surface area contributed by atoms with E-state index in [9.17, 15) is 18.0 Å². The van der Waals surface area contributed by atoms with Crippen molar-refractivity contribution >= 4 is 56.7 Å². The number of hydrogen-bond acceptors (Lipinski definition) is 5. The number of rotatable bonds is 9. The summed E-state index contributed by atoms with van der Waals surface area (Å²) < 4.78 is 32.8. The summed E-state index contributed by atoms with van der Waals surface area (Å²) in [6.45, 7) is 1.85.